The third-order valence-corrected chi connectivity index (χ3v) is 5.69. The van der Waals surface area contributed by atoms with Crippen molar-refractivity contribution in [3.63, 3.8) is 0 Å². The molecule has 3 heterocycles. The molecule has 3 rings (SSSR count). The molecular formula is C21H36N6O2. The number of nitrogen functional groups attached to an aromatic ring is 1. The molecule has 1 fully saturated rings. The second kappa shape index (κ2) is 10.6. The Hall–Kier alpha value is -2.09. The molecule has 2 aromatic rings. The van der Waals surface area contributed by atoms with Gasteiger partial charge in [-0.25, -0.2) is 4.79 Å². The molecule has 3 N–H and O–H groups in total. The topological polar surface area (TPSA) is 102 Å². The van der Waals surface area contributed by atoms with Crippen molar-refractivity contribution >= 4 is 17.0 Å². The van der Waals surface area contributed by atoms with E-state index in [4.69, 9.17) is 10.5 Å². The van der Waals surface area contributed by atoms with Gasteiger partial charge in [-0.2, -0.15) is 9.97 Å². The van der Waals surface area contributed by atoms with Crippen LogP contribution in [0.15, 0.2) is 4.79 Å². The first-order valence-electron chi connectivity index (χ1n) is 11.2. The number of aromatic nitrogens is 4. The molecular weight excluding hydrogens is 368 g/mol. The van der Waals surface area contributed by atoms with Gasteiger partial charge >= 0.3 is 11.7 Å². The monoisotopic (exact) mass is 404 g/mol. The van der Waals surface area contributed by atoms with E-state index in [0.29, 0.717) is 17.7 Å². The number of anilines is 1. The molecule has 0 spiro atoms. The van der Waals surface area contributed by atoms with Gasteiger partial charge in [0, 0.05) is 6.54 Å². The zero-order valence-electron chi connectivity index (χ0n) is 18.0. The van der Waals surface area contributed by atoms with Gasteiger partial charge in [0.25, 0.3) is 0 Å². The maximum absolute atomic E-state index is 12.4. The van der Waals surface area contributed by atoms with E-state index in [1.54, 1.807) is 4.57 Å². The van der Waals surface area contributed by atoms with Crippen LogP contribution in [-0.4, -0.2) is 50.2 Å². The fourth-order valence-electron chi connectivity index (χ4n) is 4.08. The molecule has 162 valence electrons. The van der Waals surface area contributed by atoms with Gasteiger partial charge in [-0.1, -0.05) is 32.6 Å². The van der Waals surface area contributed by atoms with Crippen LogP contribution < -0.4 is 16.2 Å². The largest absolute Gasteiger partial charge is 0.460 e. The lowest BCUT2D eigenvalue weighted by Crippen LogP contribution is -2.25. The average molecular weight is 405 g/mol. The highest BCUT2D eigenvalue weighted by atomic mass is 16.5. The number of nitrogens with zero attached hydrogens (tertiary/aromatic N) is 4. The maximum atomic E-state index is 12.4. The van der Waals surface area contributed by atoms with Gasteiger partial charge in [-0.15, -0.1) is 0 Å². The fraction of sp³-hybridized carbons (Fsp3) is 0.762. The summed E-state index contributed by atoms with van der Waals surface area (Å²) in [6, 6.07) is 0.241. The van der Waals surface area contributed by atoms with Crippen LogP contribution in [0.5, 0.6) is 6.01 Å². The van der Waals surface area contributed by atoms with Gasteiger partial charge < -0.3 is 20.4 Å². The molecule has 0 unspecified atom stereocenters. The molecule has 0 amide bonds. The van der Waals surface area contributed by atoms with E-state index in [0.717, 1.165) is 38.6 Å². The highest BCUT2D eigenvalue weighted by Crippen LogP contribution is 2.19. The predicted molar refractivity (Wildman–Crippen MR) is 116 cm³/mol. The smallest absolute Gasteiger partial charge is 0.327 e. The number of unbranched alkanes of at least 4 members (excludes halogenated alkanes) is 2. The Morgan fingerprint density at radius 2 is 1.83 bits per heavy atom. The summed E-state index contributed by atoms with van der Waals surface area (Å²) >= 11 is 0. The third-order valence-electron chi connectivity index (χ3n) is 5.69. The van der Waals surface area contributed by atoms with Crippen molar-refractivity contribution < 1.29 is 4.74 Å². The fourth-order valence-corrected chi connectivity index (χ4v) is 4.08. The summed E-state index contributed by atoms with van der Waals surface area (Å²) in [4.78, 5) is 26.5. The number of hydrogen-bond donors (Lipinski definition) is 2. The number of aryl methyl sites for hydroxylation is 1. The lowest BCUT2D eigenvalue weighted by Gasteiger charge is -2.19. The first-order valence-corrected chi connectivity index (χ1v) is 11.2. The summed E-state index contributed by atoms with van der Waals surface area (Å²) in [7, 11) is 0. The zero-order valence-corrected chi connectivity index (χ0v) is 18.0. The van der Waals surface area contributed by atoms with Crippen LogP contribution in [0.3, 0.4) is 0 Å². The van der Waals surface area contributed by atoms with Crippen LogP contribution in [0.4, 0.5) is 5.82 Å². The minimum Gasteiger partial charge on any atom is -0.460 e. The quantitative estimate of drug-likeness (QED) is 0.589. The summed E-state index contributed by atoms with van der Waals surface area (Å²) in [6.45, 7) is 8.34. The van der Waals surface area contributed by atoms with Crippen LogP contribution in [0.25, 0.3) is 11.2 Å². The number of hydrogen-bond acceptors (Lipinski definition) is 6. The van der Waals surface area contributed by atoms with Gasteiger partial charge in [0.05, 0.1) is 6.10 Å². The molecule has 1 aliphatic rings. The van der Waals surface area contributed by atoms with Gasteiger partial charge in [-0.05, 0) is 58.7 Å². The number of nitrogens with two attached hydrogens (primary N) is 1. The molecule has 0 saturated carbocycles. The molecule has 0 aliphatic carbocycles. The lowest BCUT2D eigenvalue weighted by atomic mass is 10.2. The minimum absolute atomic E-state index is 0.00921. The SMILES string of the molecule is CCC[C@H](C)Oc1nc(N)c2[nH]c(=O)n(CCCCCN3CCCCCC3)c2n1. The van der Waals surface area contributed by atoms with Crippen LogP contribution in [0, 0.1) is 0 Å². The highest BCUT2D eigenvalue weighted by Gasteiger charge is 2.16. The lowest BCUT2D eigenvalue weighted by molar-refractivity contribution is 0.193. The highest BCUT2D eigenvalue weighted by molar-refractivity contribution is 5.81. The summed E-state index contributed by atoms with van der Waals surface area (Å²) in [6.07, 6.45) is 10.5. The Morgan fingerprint density at radius 3 is 2.55 bits per heavy atom. The Labute approximate surface area is 172 Å². The Morgan fingerprint density at radius 1 is 1.10 bits per heavy atom. The van der Waals surface area contributed by atoms with Crippen LogP contribution in [0.1, 0.15) is 71.6 Å². The van der Waals surface area contributed by atoms with E-state index < -0.39 is 0 Å². The number of aromatic amines is 1. The van der Waals surface area contributed by atoms with Crippen molar-refractivity contribution in [2.45, 2.75) is 84.3 Å². The van der Waals surface area contributed by atoms with Crippen LogP contribution >= 0.6 is 0 Å². The van der Waals surface area contributed by atoms with Crippen molar-refractivity contribution in [1.82, 2.24) is 24.4 Å². The number of H-pyrrole nitrogens is 1. The molecule has 29 heavy (non-hydrogen) atoms. The van der Waals surface area contributed by atoms with E-state index in [-0.39, 0.29) is 23.6 Å². The third kappa shape index (κ3) is 5.95. The van der Waals surface area contributed by atoms with E-state index in [2.05, 4.69) is 26.8 Å². The van der Waals surface area contributed by atoms with Gasteiger partial charge in [0.15, 0.2) is 11.5 Å². The summed E-state index contributed by atoms with van der Waals surface area (Å²) < 4.78 is 7.45. The standard InChI is InChI=1S/C21H36N6O2/c1-3-11-16(2)29-20-24-18(22)17-19(25-20)27(21(28)23-17)15-10-6-9-14-26-12-7-4-5-8-13-26/h16H,3-15H2,1-2H3,(H,23,28)(H2,22,24,25)/t16-/m0/s1. The molecule has 1 saturated heterocycles. The van der Waals surface area contributed by atoms with Crippen LogP contribution in [-0.2, 0) is 6.54 Å². The normalized spacial score (nSPS) is 16.8. The zero-order chi connectivity index (χ0) is 20.6. The van der Waals surface area contributed by atoms with Crippen molar-refractivity contribution in [3.8, 4) is 6.01 Å². The molecule has 8 heteroatoms. The maximum Gasteiger partial charge on any atom is 0.327 e. The number of rotatable bonds is 10. The van der Waals surface area contributed by atoms with Crippen LogP contribution in [0.2, 0.25) is 0 Å². The molecule has 1 aliphatic heterocycles. The Kier molecular flexibility index (Phi) is 7.91. The van der Waals surface area contributed by atoms with Crippen molar-refractivity contribution in [2.75, 3.05) is 25.4 Å². The number of nitrogens with one attached hydrogen (secondary N) is 1. The van der Waals surface area contributed by atoms with E-state index in [1.165, 1.54) is 38.8 Å². The first-order chi connectivity index (χ1) is 14.1. The molecule has 8 nitrogen and oxygen atoms in total. The second-order valence-corrected chi connectivity index (χ2v) is 8.21. The van der Waals surface area contributed by atoms with E-state index in [1.807, 2.05) is 6.92 Å². The Balaban J connectivity index is 1.58. The molecule has 2 aromatic heterocycles. The number of imidazole rings is 1. The molecule has 0 aromatic carbocycles. The molecule has 1 atom stereocenters. The number of likely N-dealkylation sites (tertiary alicyclic amines) is 1. The minimum atomic E-state index is -0.188. The van der Waals surface area contributed by atoms with Gasteiger partial charge in [0.1, 0.15) is 5.52 Å². The average Bonchev–Trinajstić information content (AvgIpc) is 2.84. The summed E-state index contributed by atoms with van der Waals surface area (Å²) in [5.74, 6) is 0.255. The molecule has 0 bridgehead atoms. The predicted octanol–water partition coefficient (Wildman–Crippen LogP) is 3.32. The molecule has 0 radical (unpaired) electrons. The Bertz CT molecular complexity index is 822. The van der Waals surface area contributed by atoms with Crippen molar-refractivity contribution in [3.05, 3.63) is 10.5 Å². The first kappa shape index (κ1) is 21.6. The van der Waals surface area contributed by atoms with Crippen molar-refractivity contribution in [1.29, 1.82) is 0 Å². The van der Waals surface area contributed by atoms with E-state index >= 15 is 0 Å². The van der Waals surface area contributed by atoms with E-state index in [9.17, 15) is 4.79 Å². The number of ether oxygens (including phenoxy) is 1. The van der Waals surface area contributed by atoms with Gasteiger partial charge in [-0.3, -0.25) is 4.57 Å². The number of fused-ring (bicyclic) bond motifs is 1. The summed E-state index contributed by atoms with van der Waals surface area (Å²) in [5.41, 5.74) is 6.88. The van der Waals surface area contributed by atoms with Gasteiger partial charge in [0.2, 0.25) is 0 Å². The second-order valence-electron chi connectivity index (χ2n) is 8.21. The van der Waals surface area contributed by atoms with Crippen molar-refractivity contribution in [2.24, 2.45) is 0 Å². The summed E-state index contributed by atoms with van der Waals surface area (Å²) in [5, 5.41) is 0.